The number of ether oxygens (including phenoxy) is 2. The fraction of sp³-hybridized carbons (Fsp3) is 0.240. The van der Waals surface area contributed by atoms with Gasteiger partial charge in [0.1, 0.15) is 11.5 Å². The zero-order chi connectivity index (χ0) is 25.8. The van der Waals surface area contributed by atoms with Crippen LogP contribution in [0.4, 0.5) is 0 Å². The van der Waals surface area contributed by atoms with E-state index in [4.69, 9.17) is 9.47 Å². The number of amides is 1. The van der Waals surface area contributed by atoms with E-state index in [9.17, 15) is 21.6 Å². The summed E-state index contributed by atoms with van der Waals surface area (Å²) in [5.74, 6) is 0.541. The van der Waals surface area contributed by atoms with Crippen molar-refractivity contribution in [2.45, 2.75) is 45.9 Å². The Balaban J connectivity index is 2.08. The smallest absolute Gasteiger partial charge is 0.220 e. The summed E-state index contributed by atoms with van der Waals surface area (Å²) in [6.07, 6.45) is 0.333. The van der Waals surface area contributed by atoms with Gasteiger partial charge in [-0.25, -0.2) is 16.8 Å². The molecule has 3 aromatic rings. The molecule has 0 aliphatic rings. The Morgan fingerprint density at radius 3 is 1.77 bits per heavy atom. The van der Waals surface area contributed by atoms with Gasteiger partial charge in [0.15, 0.2) is 0 Å². The molecule has 3 rings (SSSR count). The maximum Gasteiger partial charge on any atom is 0.220 e. The molecule has 1 amide bonds. The summed E-state index contributed by atoms with van der Waals surface area (Å²) in [4.78, 5) is 10.7. The van der Waals surface area contributed by atoms with E-state index in [0.717, 1.165) is 0 Å². The quantitative estimate of drug-likeness (QED) is 0.457. The van der Waals surface area contributed by atoms with Gasteiger partial charge in [0.05, 0.1) is 39.8 Å². The molecule has 0 aliphatic heterocycles. The number of carbonyl (C=O) groups excluding carboxylic acids is 1. The van der Waals surface area contributed by atoms with Gasteiger partial charge in [0.2, 0.25) is 25.6 Å². The molecule has 1 N–H and O–H groups in total. The molecule has 0 unspecified atom stereocenters. The average molecular weight is 518 g/mol. The molecule has 186 valence electrons. The van der Waals surface area contributed by atoms with Gasteiger partial charge in [-0.3, -0.25) is 4.79 Å². The van der Waals surface area contributed by atoms with Gasteiger partial charge >= 0.3 is 0 Å². The van der Waals surface area contributed by atoms with Crippen molar-refractivity contribution >= 4 is 25.6 Å². The van der Waals surface area contributed by atoms with Crippen LogP contribution in [0.5, 0.6) is 11.5 Å². The highest BCUT2D eigenvalue weighted by molar-refractivity contribution is 7.94. The summed E-state index contributed by atoms with van der Waals surface area (Å²) >= 11 is 0. The highest BCUT2D eigenvalue weighted by Gasteiger charge is 2.30. The summed E-state index contributed by atoms with van der Waals surface area (Å²) in [5, 5.41) is 2.81. The number of benzene rings is 3. The van der Waals surface area contributed by atoms with Crippen molar-refractivity contribution in [3.8, 4) is 11.5 Å². The Labute approximate surface area is 205 Å². The molecule has 3 aromatic carbocycles. The fourth-order valence-electron chi connectivity index (χ4n) is 3.42. The first kappa shape index (κ1) is 26.2. The zero-order valence-corrected chi connectivity index (χ0v) is 21.4. The minimum absolute atomic E-state index is 0.0772. The molecule has 0 saturated carbocycles. The largest absolute Gasteiger partial charge is 0.497 e. The third-order valence-electron chi connectivity index (χ3n) is 5.49. The standard InChI is InChI=1S/C25H27NO7S2/c1-5-25(27)26-17(2)18-6-11-21(12-7-18)34(28,29)23-15-10-20(33-4)16-24(23)35(30,31)22-13-8-19(32-3)9-14-22/h6-17H,5H2,1-4H3,(H,26,27)/t17-/m0/s1. The Bertz CT molecular complexity index is 1410. The van der Waals surface area contributed by atoms with Gasteiger partial charge in [-0.05, 0) is 61.0 Å². The van der Waals surface area contributed by atoms with E-state index in [0.29, 0.717) is 17.7 Å². The first-order chi connectivity index (χ1) is 16.5. The SMILES string of the molecule is CCC(=O)N[C@@H](C)c1ccc(S(=O)(=O)c2ccc(OC)cc2S(=O)(=O)c2ccc(OC)cc2)cc1. The molecule has 1 atom stereocenters. The van der Waals surface area contributed by atoms with E-state index in [2.05, 4.69) is 5.32 Å². The minimum atomic E-state index is -4.22. The summed E-state index contributed by atoms with van der Waals surface area (Å²) in [6.45, 7) is 3.53. The molecule has 8 nitrogen and oxygen atoms in total. The number of sulfone groups is 2. The molecule has 0 saturated heterocycles. The summed E-state index contributed by atoms with van der Waals surface area (Å²) in [7, 11) is -5.61. The lowest BCUT2D eigenvalue weighted by atomic mass is 10.1. The number of hydrogen-bond donors (Lipinski definition) is 1. The number of hydrogen-bond acceptors (Lipinski definition) is 7. The molecule has 35 heavy (non-hydrogen) atoms. The number of carbonyl (C=O) groups is 1. The Morgan fingerprint density at radius 2 is 1.26 bits per heavy atom. The average Bonchev–Trinajstić information content (AvgIpc) is 2.88. The van der Waals surface area contributed by atoms with Gasteiger partial charge in [0, 0.05) is 12.5 Å². The molecule has 0 fully saturated rings. The summed E-state index contributed by atoms with van der Waals surface area (Å²) in [5.41, 5.74) is 0.714. The van der Waals surface area contributed by atoms with Crippen LogP contribution in [0.1, 0.15) is 31.9 Å². The van der Waals surface area contributed by atoms with E-state index in [1.807, 2.05) is 0 Å². The van der Waals surface area contributed by atoms with E-state index in [-0.39, 0.29) is 32.4 Å². The lowest BCUT2D eigenvalue weighted by Crippen LogP contribution is -2.25. The first-order valence-corrected chi connectivity index (χ1v) is 13.7. The lowest BCUT2D eigenvalue weighted by molar-refractivity contribution is -0.121. The summed E-state index contributed by atoms with van der Waals surface area (Å²) < 4.78 is 64.3. The third kappa shape index (κ3) is 5.49. The monoisotopic (exact) mass is 517 g/mol. The molecular formula is C25H27NO7S2. The summed E-state index contributed by atoms with van der Waals surface area (Å²) in [6, 6.07) is 15.2. The van der Waals surface area contributed by atoms with Crippen LogP contribution in [0.25, 0.3) is 0 Å². The molecule has 0 aliphatic carbocycles. The van der Waals surface area contributed by atoms with Crippen molar-refractivity contribution < 1.29 is 31.1 Å². The van der Waals surface area contributed by atoms with Crippen molar-refractivity contribution in [3.63, 3.8) is 0 Å². The van der Waals surface area contributed by atoms with Crippen LogP contribution >= 0.6 is 0 Å². The maximum atomic E-state index is 13.5. The molecule has 10 heteroatoms. The Kier molecular flexibility index (Phi) is 7.86. The maximum absolute atomic E-state index is 13.5. The van der Waals surface area contributed by atoms with Crippen molar-refractivity contribution in [1.82, 2.24) is 5.32 Å². The Hall–Kier alpha value is -3.37. The first-order valence-electron chi connectivity index (χ1n) is 10.8. The lowest BCUT2D eigenvalue weighted by Gasteiger charge is -2.16. The van der Waals surface area contributed by atoms with E-state index in [1.165, 1.54) is 68.8 Å². The van der Waals surface area contributed by atoms with Gasteiger partial charge in [-0.1, -0.05) is 19.1 Å². The number of rotatable bonds is 9. The van der Waals surface area contributed by atoms with Crippen LogP contribution in [0.2, 0.25) is 0 Å². The van der Waals surface area contributed by atoms with Crippen LogP contribution in [0, 0.1) is 0 Å². The Morgan fingerprint density at radius 1 is 0.771 bits per heavy atom. The second-order valence-electron chi connectivity index (χ2n) is 7.71. The third-order valence-corrected chi connectivity index (χ3v) is 9.26. The van der Waals surface area contributed by atoms with Crippen molar-refractivity contribution in [2.24, 2.45) is 0 Å². The van der Waals surface area contributed by atoms with E-state index in [1.54, 1.807) is 26.0 Å². The van der Waals surface area contributed by atoms with Crippen LogP contribution in [-0.4, -0.2) is 37.0 Å². The van der Waals surface area contributed by atoms with Crippen LogP contribution in [0.15, 0.2) is 86.3 Å². The number of methoxy groups -OCH3 is 2. The predicted octanol–water partition coefficient (Wildman–Crippen LogP) is 3.96. The molecule has 0 heterocycles. The normalized spacial score (nSPS) is 12.6. The van der Waals surface area contributed by atoms with Gasteiger partial charge in [0.25, 0.3) is 0 Å². The van der Waals surface area contributed by atoms with Gasteiger partial charge in [-0.2, -0.15) is 0 Å². The zero-order valence-electron chi connectivity index (χ0n) is 19.8. The second-order valence-corrected chi connectivity index (χ2v) is 11.5. The molecular weight excluding hydrogens is 490 g/mol. The second kappa shape index (κ2) is 10.5. The number of nitrogens with one attached hydrogen (secondary N) is 1. The molecule has 0 aromatic heterocycles. The van der Waals surface area contributed by atoms with E-state index >= 15 is 0 Å². The molecule has 0 spiro atoms. The van der Waals surface area contributed by atoms with Crippen LogP contribution < -0.4 is 14.8 Å². The topological polar surface area (TPSA) is 116 Å². The highest BCUT2D eigenvalue weighted by atomic mass is 32.2. The van der Waals surface area contributed by atoms with Gasteiger partial charge < -0.3 is 14.8 Å². The molecule has 0 bridgehead atoms. The highest BCUT2D eigenvalue weighted by Crippen LogP contribution is 2.34. The molecule has 0 radical (unpaired) electrons. The predicted molar refractivity (Wildman–Crippen MR) is 130 cm³/mol. The van der Waals surface area contributed by atoms with Crippen molar-refractivity contribution in [2.75, 3.05) is 14.2 Å². The van der Waals surface area contributed by atoms with Crippen LogP contribution in [-0.2, 0) is 24.5 Å². The van der Waals surface area contributed by atoms with E-state index < -0.39 is 24.6 Å². The van der Waals surface area contributed by atoms with Crippen molar-refractivity contribution in [3.05, 3.63) is 72.3 Å². The minimum Gasteiger partial charge on any atom is -0.497 e. The van der Waals surface area contributed by atoms with Gasteiger partial charge in [-0.15, -0.1) is 0 Å². The van der Waals surface area contributed by atoms with Crippen LogP contribution in [0.3, 0.4) is 0 Å². The fourth-order valence-corrected chi connectivity index (χ4v) is 6.75. The van der Waals surface area contributed by atoms with Crippen molar-refractivity contribution in [1.29, 1.82) is 0 Å².